The smallest absolute Gasteiger partial charge is 0.0911 e. The van der Waals surface area contributed by atoms with Crippen LogP contribution in [0.15, 0.2) is 171 Å². The largest absolute Gasteiger partial charge is 0.247 e. The van der Waals surface area contributed by atoms with E-state index in [0.29, 0.717) is 5.92 Å². The Labute approximate surface area is 328 Å². The molecule has 0 saturated heterocycles. The molecule has 0 atom stereocenters. The Kier molecular flexibility index (Phi) is 7.98. The molecule has 0 spiro atoms. The van der Waals surface area contributed by atoms with Crippen LogP contribution in [0.25, 0.3) is 54.9 Å². The van der Waals surface area contributed by atoms with E-state index >= 15 is 0 Å². The second-order valence-electron chi connectivity index (χ2n) is 16.3. The van der Waals surface area contributed by atoms with Crippen LogP contribution in [0.5, 0.6) is 0 Å². The maximum Gasteiger partial charge on any atom is 0.247 e. The molecule has 0 aliphatic carbocycles. The van der Waals surface area contributed by atoms with Gasteiger partial charge in [0.05, 0.1) is 0 Å². The van der Waals surface area contributed by atoms with E-state index in [1.165, 1.54) is 102 Å². The number of fused-ring (bicyclic) bond motifs is 6. The van der Waals surface area contributed by atoms with Gasteiger partial charge in [0.25, 0.3) is 0 Å². The van der Waals surface area contributed by atoms with Crippen molar-refractivity contribution in [3.8, 4) is 33.4 Å². The topological polar surface area (TPSA) is 0 Å². The molecule has 54 heavy (non-hydrogen) atoms. The maximum atomic E-state index is 2.50. The molecule has 0 nitrogen and oxygen atoms in total. The Balaban J connectivity index is 1.20. The van der Waals surface area contributed by atoms with Crippen LogP contribution in [-0.4, -0.2) is 6.71 Å². The summed E-state index contributed by atoms with van der Waals surface area (Å²) >= 11 is 3.90. The monoisotopic (exact) mass is 728 g/mol. The third-order valence-corrected chi connectivity index (χ3v) is 13.8. The van der Waals surface area contributed by atoms with E-state index in [4.69, 9.17) is 0 Å². The summed E-state index contributed by atoms with van der Waals surface area (Å²) in [5.74, 6) is 0.379. The fourth-order valence-electron chi connectivity index (χ4n) is 8.73. The van der Waals surface area contributed by atoms with Gasteiger partial charge in [0.2, 0.25) is 6.71 Å². The van der Waals surface area contributed by atoms with E-state index in [9.17, 15) is 0 Å². The summed E-state index contributed by atoms with van der Waals surface area (Å²) in [6.45, 7) is 11.9. The molecule has 0 amide bonds. The maximum absolute atomic E-state index is 2.50. The fraction of sp³-hybridized carbons (Fsp3) is 0.137. The zero-order valence-electron chi connectivity index (χ0n) is 31.4. The van der Waals surface area contributed by atoms with E-state index in [1.807, 2.05) is 23.5 Å². The predicted octanol–water partition coefficient (Wildman–Crippen LogP) is 12.9. The van der Waals surface area contributed by atoms with Crippen LogP contribution in [0, 0.1) is 0 Å². The first kappa shape index (κ1) is 33.6. The summed E-state index contributed by atoms with van der Waals surface area (Å²) in [5, 5.41) is 5.16. The lowest BCUT2D eigenvalue weighted by Gasteiger charge is -2.34. The third-order valence-electron chi connectivity index (χ3n) is 11.5. The minimum Gasteiger partial charge on any atom is -0.0911 e. The van der Waals surface area contributed by atoms with Crippen molar-refractivity contribution in [3.05, 3.63) is 163 Å². The fourth-order valence-corrected chi connectivity index (χ4v) is 11.2. The highest BCUT2D eigenvalue weighted by atomic mass is 32.2. The SMILES string of the molecule is CC(C)c1cc(-c2cc3c4c(c2)Sc2ccc(C(C)(C)C)cc2B4c2ccccc2S3)cc(-c2c3ccccc3c(-c3ccccc3)c3ccccc23)c1. The molecule has 2 heterocycles. The van der Waals surface area contributed by atoms with Crippen molar-refractivity contribution in [2.75, 3.05) is 0 Å². The Morgan fingerprint density at radius 3 is 1.57 bits per heavy atom. The minimum absolute atomic E-state index is 0.0905. The number of hydrogen-bond donors (Lipinski definition) is 0. The first-order valence-electron chi connectivity index (χ1n) is 19.1. The van der Waals surface area contributed by atoms with Crippen LogP contribution < -0.4 is 16.4 Å². The van der Waals surface area contributed by atoms with Crippen LogP contribution in [0.4, 0.5) is 0 Å². The number of benzene rings is 8. The highest BCUT2D eigenvalue weighted by molar-refractivity contribution is 8.01. The lowest BCUT2D eigenvalue weighted by Crippen LogP contribution is -2.58. The third kappa shape index (κ3) is 5.47. The summed E-state index contributed by atoms with van der Waals surface area (Å²) < 4.78 is 0. The van der Waals surface area contributed by atoms with E-state index in [0.717, 1.165) is 0 Å². The lowest BCUT2D eigenvalue weighted by atomic mass is 9.36. The Hall–Kier alpha value is -4.96. The summed E-state index contributed by atoms with van der Waals surface area (Å²) in [6.07, 6.45) is 0. The molecule has 0 radical (unpaired) electrons. The molecule has 3 heteroatoms. The second kappa shape index (κ2) is 12.8. The van der Waals surface area contributed by atoms with Gasteiger partial charge in [0.1, 0.15) is 0 Å². The van der Waals surface area contributed by atoms with E-state index in [1.54, 1.807) is 0 Å². The zero-order chi connectivity index (χ0) is 36.7. The molecule has 260 valence electrons. The number of rotatable bonds is 4. The van der Waals surface area contributed by atoms with Gasteiger partial charge in [0, 0.05) is 19.6 Å². The molecule has 0 fully saturated rings. The van der Waals surface area contributed by atoms with Crippen molar-refractivity contribution in [2.45, 2.75) is 65.5 Å². The van der Waals surface area contributed by atoms with Crippen LogP contribution in [0.1, 0.15) is 51.7 Å². The molecule has 0 bridgehead atoms. The summed E-state index contributed by atoms with van der Waals surface area (Å²) in [6, 6.07) is 57.6. The Morgan fingerprint density at radius 1 is 0.444 bits per heavy atom. The van der Waals surface area contributed by atoms with Gasteiger partial charge < -0.3 is 0 Å². The van der Waals surface area contributed by atoms with Gasteiger partial charge >= 0.3 is 0 Å². The highest BCUT2D eigenvalue weighted by Crippen LogP contribution is 2.46. The molecule has 0 saturated carbocycles. The lowest BCUT2D eigenvalue weighted by molar-refractivity contribution is 0.590. The van der Waals surface area contributed by atoms with Crippen LogP contribution in [0.2, 0.25) is 0 Å². The van der Waals surface area contributed by atoms with Gasteiger partial charge in [-0.2, -0.15) is 0 Å². The van der Waals surface area contributed by atoms with Gasteiger partial charge in [-0.3, -0.25) is 0 Å². The van der Waals surface area contributed by atoms with Crippen molar-refractivity contribution < 1.29 is 0 Å². The molecule has 2 aliphatic heterocycles. The van der Waals surface area contributed by atoms with Crippen LogP contribution in [0.3, 0.4) is 0 Å². The highest BCUT2D eigenvalue weighted by Gasteiger charge is 2.39. The van der Waals surface area contributed by atoms with Gasteiger partial charge in [-0.25, -0.2) is 0 Å². The van der Waals surface area contributed by atoms with E-state index in [2.05, 4.69) is 186 Å². The van der Waals surface area contributed by atoms with Crippen molar-refractivity contribution >= 4 is 68.2 Å². The summed E-state index contributed by atoms with van der Waals surface area (Å²) in [5.41, 5.74) is 14.9. The molecule has 8 aromatic carbocycles. The van der Waals surface area contributed by atoms with Gasteiger partial charge in [-0.1, -0.05) is 190 Å². The zero-order valence-corrected chi connectivity index (χ0v) is 33.0. The number of hydrogen-bond acceptors (Lipinski definition) is 2. The molecule has 0 unspecified atom stereocenters. The normalized spacial score (nSPS) is 13.3. The molecular weight excluding hydrogens is 688 g/mol. The van der Waals surface area contributed by atoms with E-state index < -0.39 is 0 Å². The van der Waals surface area contributed by atoms with Crippen molar-refractivity contribution in [3.63, 3.8) is 0 Å². The Morgan fingerprint density at radius 2 is 0.963 bits per heavy atom. The second-order valence-corrected chi connectivity index (χ2v) is 18.4. The average Bonchev–Trinajstić information content (AvgIpc) is 3.19. The van der Waals surface area contributed by atoms with Crippen LogP contribution >= 0.6 is 23.5 Å². The predicted molar refractivity (Wildman–Crippen MR) is 236 cm³/mol. The quantitative estimate of drug-likeness (QED) is 0.131. The summed E-state index contributed by atoms with van der Waals surface area (Å²) in [7, 11) is 0. The van der Waals surface area contributed by atoms with Crippen molar-refractivity contribution in [1.29, 1.82) is 0 Å². The van der Waals surface area contributed by atoms with Crippen LogP contribution in [-0.2, 0) is 5.41 Å². The Bertz CT molecular complexity index is 2720. The van der Waals surface area contributed by atoms with Gasteiger partial charge in [-0.05, 0) is 113 Å². The molecule has 8 aromatic rings. The van der Waals surface area contributed by atoms with E-state index in [-0.39, 0.29) is 12.1 Å². The molecule has 2 aliphatic rings. The molecule has 0 N–H and O–H groups in total. The van der Waals surface area contributed by atoms with Gasteiger partial charge in [-0.15, -0.1) is 0 Å². The molecule has 10 rings (SSSR count). The standard InChI is InChI=1S/C51H41BS2/c1-31(2)33-25-34(27-36(26-33)49-40-19-11-9-17-38(40)48(32-15-7-6-8-16-32)39-18-10-12-20-41(39)49)35-28-46-50-47(29-35)54-45-24-23-37(51(3,4)5)30-43(45)52(50)42-21-13-14-22-44(42)53-46/h6-31H,1-5H3. The van der Waals surface area contributed by atoms with Gasteiger partial charge in [0.15, 0.2) is 0 Å². The minimum atomic E-state index is 0.0905. The molecule has 0 aromatic heterocycles. The first-order chi connectivity index (χ1) is 26.2. The summed E-state index contributed by atoms with van der Waals surface area (Å²) in [4.78, 5) is 5.50. The molecular formula is C51H41BS2. The van der Waals surface area contributed by atoms with Crippen molar-refractivity contribution in [2.24, 2.45) is 0 Å². The average molecular weight is 729 g/mol. The first-order valence-corrected chi connectivity index (χ1v) is 20.8. The van der Waals surface area contributed by atoms with Crippen molar-refractivity contribution in [1.82, 2.24) is 0 Å².